The maximum atomic E-state index is 8.36. The van der Waals surface area contributed by atoms with Gasteiger partial charge in [0.2, 0.25) is 0 Å². The topological polar surface area (TPSA) is 154 Å². The van der Waals surface area contributed by atoms with E-state index in [1.54, 1.807) is 12.7 Å². The summed E-state index contributed by atoms with van der Waals surface area (Å²) < 4.78 is 7.87. The van der Waals surface area contributed by atoms with Gasteiger partial charge in [0.15, 0.2) is 10.2 Å². The molecule has 3 aromatic heterocycles. The second kappa shape index (κ2) is 14.8. The molecule has 0 saturated heterocycles. The van der Waals surface area contributed by atoms with E-state index >= 15 is 0 Å². The van der Waals surface area contributed by atoms with Gasteiger partial charge in [0.1, 0.15) is 12.1 Å². The summed E-state index contributed by atoms with van der Waals surface area (Å²) in [5, 5.41) is 23.4. The predicted molar refractivity (Wildman–Crippen MR) is 117 cm³/mol. The number of nitrogens with one attached hydrogen (secondary N) is 1. The van der Waals surface area contributed by atoms with Crippen LogP contribution in [0.15, 0.2) is 39.5 Å². The highest BCUT2D eigenvalue weighted by molar-refractivity contribution is 7.99. The third-order valence-corrected chi connectivity index (χ3v) is 5.02. The molecule has 3 rings (SSSR count). The van der Waals surface area contributed by atoms with Crippen molar-refractivity contribution in [2.45, 2.75) is 30.3 Å². The van der Waals surface area contributed by atoms with Crippen LogP contribution in [0, 0.1) is 6.92 Å². The zero-order valence-electron chi connectivity index (χ0n) is 18.5. The molecule has 0 aliphatic heterocycles. The molecule has 13 heteroatoms. The smallest absolute Gasteiger partial charge is 0.290 e. The van der Waals surface area contributed by atoms with Gasteiger partial charge in [-0.25, -0.2) is 4.98 Å². The van der Waals surface area contributed by atoms with Gasteiger partial charge in [-0.1, -0.05) is 0 Å². The molecule has 3 heterocycles. The number of carbonyl (C=O) groups is 2. The Morgan fingerprint density at radius 3 is 2.41 bits per heavy atom. The predicted octanol–water partition coefficient (Wildman–Crippen LogP) is 1.56. The Hall–Kier alpha value is -3.16. The molecule has 0 unspecified atom stereocenters. The maximum absolute atomic E-state index is 8.36. The molecule has 0 spiro atoms. The third kappa shape index (κ3) is 9.76. The Morgan fingerprint density at radius 2 is 1.88 bits per heavy atom. The first kappa shape index (κ1) is 26.9. The minimum absolute atomic E-state index is 0.250. The summed E-state index contributed by atoms with van der Waals surface area (Å²) >= 11 is 1.47. The Bertz CT molecular complexity index is 919. The van der Waals surface area contributed by atoms with Crippen LogP contribution in [0.25, 0.3) is 0 Å². The van der Waals surface area contributed by atoms with Gasteiger partial charge < -0.3 is 29.1 Å². The summed E-state index contributed by atoms with van der Waals surface area (Å²) in [5.41, 5.74) is 2.18. The molecule has 0 bridgehead atoms. The number of nitrogens with zero attached hydrogens (tertiary/aromatic N) is 6. The Kier molecular flexibility index (Phi) is 12.4. The van der Waals surface area contributed by atoms with E-state index in [0.29, 0.717) is 0 Å². The van der Waals surface area contributed by atoms with Crippen LogP contribution < -0.4 is 0 Å². The van der Waals surface area contributed by atoms with Crippen molar-refractivity contribution in [2.75, 3.05) is 27.2 Å². The lowest BCUT2D eigenvalue weighted by Gasteiger charge is -2.22. The molecular formula is C19H29N7O5S. The van der Waals surface area contributed by atoms with E-state index in [9.17, 15) is 0 Å². The number of furan rings is 1. The van der Waals surface area contributed by atoms with Gasteiger partial charge in [0.25, 0.3) is 12.9 Å². The lowest BCUT2D eigenvalue weighted by molar-refractivity contribution is -0.123. The van der Waals surface area contributed by atoms with E-state index in [1.807, 2.05) is 23.7 Å². The van der Waals surface area contributed by atoms with Gasteiger partial charge in [0, 0.05) is 32.4 Å². The van der Waals surface area contributed by atoms with E-state index in [2.05, 4.69) is 51.0 Å². The normalized spacial score (nSPS) is 10.3. The van der Waals surface area contributed by atoms with Crippen molar-refractivity contribution >= 4 is 24.7 Å². The van der Waals surface area contributed by atoms with Gasteiger partial charge in [-0.3, -0.25) is 14.5 Å². The number of H-pyrrole nitrogens is 1. The van der Waals surface area contributed by atoms with Crippen molar-refractivity contribution < 1.29 is 24.2 Å². The summed E-state index contributed by atoms with van der Waals surface area (Å²) in [6.45, 7) is 4.99. The number of hydrogen-bond donors (Lipinski definition) is 3. The number of aryl methyl sites for hydroxylation is 2. The molecule has 0 saturated carbocycles. The molecule has 0 radical (unpaired) electrons. The zero-order chi connectivity index (χ0) is 23.9. The van der Waals surface area contributed by atoms with E-state index in [0.717, 1.165) is 53.6 Å². The molecule has 32 heavy (non-hydrogen) atoms. The van der Waals surface area contributed by atoms with Gasteiger partial charge in [0.05, 0.1) is 18.6 Å². The fourth-order valence-corrected chi connectivity index (χ4v) is 3.23. The van der Waals surface area contributed by atoms with Crippen molar-refractivity contribution in [1.82, 2.24) is 34.5 Å². The lowest BCUT2D eigenvalue weighted by Crippen LogP contribution is -2.31. The number of aromatic nitrogens is 5. The van der Waals surface area contributed by atoms with Gasteiger partial charge in [-0.2, -0.15) is 0 Å². The van der Waals surface area contributed by atoms with E-state index in [4.69, 9.17) is 24.2 Å². The third-order valence-electron chi connectivity index (χ3n) is 4.05. The average Bonchev–Trinajstić information content (AvgIpc) is 3.45. The minimum Gasteiger partial charge on any atom is -0.483 e. The summed E-state index contributed by atoms with van der Waals surface area (Å²) in [5.74, 6) is 0.932. The van der Waals surface area contributed by atoms with Crippen LogP contribution in [0.3, 0.4) is 0 Å². The molecular weight excluding hydrogens is 438 g/mol. The molecule has 12 nitrogen and oxygen atoms in total. The molecule has 176 valence electrons. The van der Waals surface area contributed by atoms with Crippen LogP contribution in [0.2, 0.25) is 0 Å². The molecule has 3 N–H and O–H groups in total. The summed E-state index contributed by atoms with van der Waals surface area (Å²) in [6, 6.07) is 4.01. The van der Waals surface area contributed by atoms with E-state index in [1.165, 1.54) is 11.8 Å². The number of likely N-dealkylation sites (N-methyl/N-ethyl adjacent to an activating group) is 1. The first-order valence-electron chi connectivity index (χ1n) is 9.46. The molecule has 0 atom stereocenters. The number of hydrogen-bond acceptors (Lipinski definition) is 9. The highest BCUT2D eigenvalue weighted by atomic mass is 32.2. The van der Waals surface area contributed by atoms with E-state index < -0.39 is 0 Å². The van der Waals surface area contributed by atoms with Crippen LogP contribution in [-0.2, 0) is 29.7 Å². The SMILES string of the molecule is Cc1[nH]cnc1CN(CCN(C)C)Cc1ccc(Sc2nncn2C)o1.O=CO.O=CO. The lowest BCUT2D eigenvalue weighted by atomic mass is 10.3. The second-order valence-electron chi connectivity index (χ2n) is 6.75. The minimum atomic E-state index is -0.250. The van der Waals surface area contributed by atoms with Crippen LogP contribution >= 0.6 is 11.8 Å². The zero-order valence-corrected chi connectivity index (χ0v) is 19.3. The quantitative estimate of drug-likeness (QED) is 0.393. The summed E-state index contributed by atoms with van der Waals surface area (Å²) in [4.78, 5) is 28.8. The highest BCUT2D eigenvalue weighted by Gasteiger charge is 2.14. The monoisotopic (exact) mass is 467 g/mol. The van der Waals surface area contributed by atoms with Crippen molar-refractivity contribution in [1.29, 1.82) is 0 Å². The molecule has 0 amide bonds. The van der Waals surface area contributed by atoms with Crippen LogP contribution in [0.4, 0.5) is 0 Å². The van der Waals surface area contributed by atoms with Gasteiger partial charge >= 0.3 is 0 Å². The molecule has 0 fully saturated rings. The molecule has 0 aromatic carbocycles. The number of rotatable bonds is 9. The first-order chi connectivity index (χ1) is 15.3. The summed E-state index contributed by atoms with van der Waals surface area (Å²) in [6.07, 6.45) is 3.43. The Balaban J connectivity index is 0.000000769. The van der Waals surface area contributed by atoms with Crippen molar-refractivity contribution in [3.8, 4) is 0 Å². The second-order valence-corrected chi connectivity index (χ2v) is 7.72. The van der Waals surface area contributed by atoms with Gasteiger partial charge in [-0.15, -0.1) is 10.2 Å². The van der Waals surface area contributed by atoms with Crippen LogP contribution in [0.5, 0.6) is 0 Å². The fourth-order valence-electron chi connectivity index (χ4n) is 2.49. The first-order valence-corrected chi connectivity index (χ1v) is 10.3. The molecule has 0 aliphatic rings. The number of carboxylic acid groups (broad SMARTS) is 2. The van der Waals surface area contributed by atoms with Crippen LogP contribution in [0.1, 0.15) is 17.1 Å². The Labute approximate surface area is 190 Å². The molecule has 3 aromatic rings. The fraction of sp³-hybridized carbons (Fsp3) is 0.421. The van der Waals surface area contributed by atoms with Crippen molar-refractivity contribution in [2.24, 2.45) is 7.05 Å². The van der Waals surface area contributed by atoms with Gasteiger partial charge in [-0.05, 0) is 44.9 Å². The standard InChI is InChI=1S/C17H25N7OS.2CH2O2/c1-13-15(19-11-18-13)10-24(8-7-22(2)3)9-14-5-6-16(25-14)26-17-21-20-12-23(17)4;2*2-1-3/h5-6,11-12H,7-10H2,1-4H3,(H,18,19);2*1H,(H,2,3). The summed E-state index contributed by atoms with van der Waals surface area (Å²) in [7, 11) is 6.09. The van der Waals surface area contributed by atoms with Crippen LogP contribution in [-0.4, -0.2) is 84.9 Å². The largest absolute Gasteiger partial charge is 0.483 e. The van der Waals surface area contributed by atoms with E-state index in [-0.39, 0.29) is 12.9 Å². The highest BCUT2D eigenvalue weighted by Crippen LogP contribution is 2.27. The molecule has 0 aliphatic carbocycles. The average molecular weight is 468 g/mol. The number of aromatic amines is 1. The number of imidazole rings is 1. The Morgan fingerprint density at radius 1 is 1.19 bits per heavy atom. The van der Waals surface area contributed by atoms with Crippen molar-refractivity contribution in [3.05, 3.63) is 41.9 Å². The van der Waals surface area contributed by atoms with Crippen molar-refractivity contribution in [3.63, 3.8) is 0 Å². The maximum Gasteiger partial charge on any atom is 0.290 e.